The fraction of sp³-hybridized carbons (Fsp3) is 0.259. The summed E-state index contributed by atoms with van der Waals surface area (Å²) in [6.07, 6.45) is 0.781. The molecule has 37 heavy (non-hydrogen) atoms. The van der Waals surface area contributed by atoms with Gasteiger partial charge in [-0.2, -0.15) is 0 Å². The third-order valence-corrected chi connectivity index (χ3v) is 7.70. The summed E-state index contributed by atoms with van der Waals surface area (Å²) >= 11 is 0. The molecule has 0 aliphatic carbocycles. The molecule has 2 amide bonds. The number of carbonyl (C=O) groups is 2. The fourth-order valence-electron chi connectivity index (χ4n) is 3.48. The monoisotopic (exact) mass is 525 g/mol. The Morgan fingerprint density at radius 1 is 0.919 bits per heavy atom. The predicted molar refractivity (Wildman–Crippen MR) is 143 cm³/mol. The molecule has 0 unspecified atom stereocenters. The van der Waals surface area contributed by atoms with Crippen LogP contribution in [0.1, 0.15) is 41.0 Å². The Hall–Kier alpha value is -4.05. The highest BCUT2D eigenvalue weighted by Crippen LogP contribution is 2.31. The number of methoxy groups -OCH3 is 2. The maximum absolute atomic E-state index is 13.2. The zero-order valence-electron chi connectivity index (χ0n) is 21.4. The summed E-state index contributed by atoms with van der Waals surface area (Å²) in [7, 11) is 0.415. The Morgan fingerprint density at radius 2 is 1.57 bits per heavy atom. The van der Waals surface area contributed by atoms with Gasteiger partial charge in [0.1, 0.15) is 0 Å². The van der Waals surface area contributed by atoms with Crippen molar-refractivity contribution in [2.24, 2.45) is 0 Å². The quantitative estimate of drug-likeness (QED) is 0.408. The zero-order valence-corrected chi connectivity index (χ0v) is 22.3. The third kappa shape index (κ3) is 6.21. The van der Waals surface area contributed by atoms with Gasteiger partial charge in [0.25, 0.3) is 21.8 Å². The molecular weight excluding hydrogens is 494 g/mol. The van der Waals surface area contributed by atoms with Crippen LogP contribution in [0.2, 0.25) is 0 Å². The van der Waals surface area contributed by atoms with E-state index in [2.05, 4.69) is 10.6 Å². The molecule has 9 nitrogen and oxygen atoms in total. The summed E-state index contributed by atoms with van der Waals surface area (Å²) in [6, 6.07) is 17.2. The van der Waals surface area contributed by atoms with E-state index in [1.165, 1.54) is 63.7 Å². The van der Waals surface area contributed by atoms with E-state index in [-0.39, 0.29) is 16.8 Å². The van der Waals surface area contributed by atoms with Crippen molar-refractivity contribution < 1.29 is 27.5 Å². The Bertz CT molecular complexity index is 1370. The van der Waals surface area contributed by atoms with Gasteiger partial charge in [-0.3, -0.25) is 13.9 Å². The maximum atomic E-state index is 13.2. The molecule has 3 rings (SSSR count). The van der Waals surface area contributed by atoms with E-state index in [1.807, 2.05) is 13.8 Å². The number of ether oxygens (including phenoxy) is 2. The standard InChI is InChI=1S/C27H31N3O6S/c1-6-18(2)28-27(32)22-9-7-8-10-23(22)29-26(31)19-11-13-20(14-12-19)30(3)37(33,34)21-15-16-24(35-4)25(17-21)36-5/h7-18H,6H2,1-5H3,(H,28,32)(H,29,31)/t18-/m1/s1. The lowest BCUT2D eigenvalue weighted by atomic mass is 10.1. The zero-order chi connectivity index (χ0) is 27.2. The highest BCUT2D eigenvalue weighted by atomic mass is 32.2. The summed E-state index contributed by atoms with van der Waals surface area (Å²) in [5.41, 5.74) is 1.40. The predicted octanol–water partition coefficient (Wildman–Crippen LogP) is 4.31. The molecule has 3 aromatic carbocycles. The molecule has 0 saturated heterocycles. The molecule has 0 bridgehead atoms. The molecule has 2 N–H and O–H groups in total. The van der Waals surface area contributed by atoms with Crippen molar-refractivity contribution in [2.75, 3.05) is 30.9 Å². The molecule has 0 saturated carbocycles. The number of benzene rings is 3. The third-order valence-electron chi connectivity index (χ3n) is 5.92. The summed E-state index contributed by atoms with van der Waals surface area (Å²) in [4.78, 5) is 25.5. The van der Waals surface area contributed by atoms with Gasteiger partial charge in [-0.1, -0.05) is 19.1 Å². The lowest BCUT2D eigenvalue weighted by molar-refractivity contribution is 0.0940. The van der Waals surface area contributed by atoms with E-state index in [4.69, 9.17) is 9.47 Å². The minimum absolute atomic E-state index is 0.00364. The van der Waals surface area contributed by atoms with Crippen LogP contribution in [-0.4, -0.2) is 47.5 Å². The van der Waals surface area contributed by atoms with E-state index < -0.39 is 15.9 Å². The molecule has 0 radical (unpaired) electrons. The fourth-order valence-corrected chi connectivity index (χ4v) is 4.70. The topological polar surface area (TPSA) is 114 Å². The summed E-state index contributed by atoms with van der Waals surface area (Å²) < 4.78 is 37.9. The van der Waals surface area contributed by atoms with Crippen molar-refractivity contribution in [3.8, 4) is 11.5 Å². The van der Waals surface area contributed by atoms with Crippen molar-refractivity contribution in [3.05, 3.63) is 77.9 Å². The summed E-state index contributed by atoms with van der Waals surface area (Å²) in [6.45, 7) is 3.88. The van der Waals surface area contributed by atoms with Gasteiger partial charge in [-0.15, -0.1) is 0 Å². The average molecular weight is 526 g/mol. The second-order valence-electron chi connectivity index (χ2n) is 8.32. The van der Waals surface area contributed by atoms with Gasteiger partial charge in [-0.05, 0) is 61.9 Å². The Kier molecular flexibility index (Phi) is 8.77. The second kappa shape index (κ2) is 11.8. The normalized spacial score (nSPS) is 11.8. The van der Waals surface area contributed by atoms with E-state index in [1.54, 1.807) is 24.3 Å². The Labute approximate surface area is 217 Å². The number of sulfonamides is 1. The molecule has 0 spiro atoms. The molecule has 0 aromatic heterocycles. The Morgan fingerprint density at radius 3 is 2.19 bits per heavy atom. The van der Waals surface area contributed by atoms with Crippen molar-refractivity contribution in [2.45, 2.75) is 31.2 Å². The second-order valence-corrected chi connectivity index (χ2v) is 10.3. The van der Waals surface area contributed by atoms with Crippen molar-refractivity contribution in [3.63, 3.8) is 0 Å². The van der Waals surface area contributed by atoms with Gasteiger partial charge >= 0.3 is 0 Å². The number of nitrogens with one attached hydrogen (secondary N) is 2. The van der Waals surface area contributed by atoms with Crippen LogP contribution in [0.15, 0.2) is 71.6 Å². The molecule has 10 heteroatoms. The lowest BCUT2D eigenvalue weighted by Crippen LogP contribution is -2.32. The largest absolute Gasteiger partial charge is 0.493 e. The van der Waals surface area contributed by atoms with E-state index in [0.717, 1.165) is 10.7 Å². The molecule has 3 aromatic rings. The number of para-hydroxylation sites is 1. The highest BCUT2D eigenvalue weighted by Gasteiger charge is 2.23. The molecule has 0 aliphatic rings. The molecular formula is C27H31N3O6S. The SMILES string of the molecule is CC[C@@H](C)NC(=O)c1ccccc1NC(=O)c1ccc(N(C)S(=O)(=O)c2ccc(OC)c(OC)c2)cc1. The van der Waals surface area contributed by atoms with Crippen LogP contribution in [0.4, 0.5) is 11.4 Å². The first-order valence-corrected chi connectivity index (χ1v) is 13.1. The molecule has 0 fully saturated rings. The van der Waals surface area contributed by atoms with E-state index >= 15 is 0 Å². The van der Waals surface area contributed by atoms with Crippen LogP contribution >= 0.6 is 0 Å². The number of hydrogen-bond acceptors (Lipinski definition) is 6. The van der Waals surface area contributed by atoms with Gasteiger partial charge in [-0.25, -0.2) is 8.42 Å². The smallest absolute Gasteiger partial charge is 0.264 e. The first-order chi connectivity index (χ1) is 17.6. The van der Waals surface area contributed by atoms with Crippen LogP contribution in [0, 0.1) is 0 Å². The molecule has 0 heterocycles. The first-order valence-electron chi connectivity index (χ1n) is 11.6. The number of nitrogens with zero attached hydrogens (tertiary/aromatic N) is 1. The molecule has 196 valence electrons. The molecule has 1 atom stereocenters. The summed E-state index contributed by atoms with van der Waals surface area (Å²) in [5, 5.41) is 5.66. The van der Waals surface area contributed by atoms with Gasteiger partial charge in [0.2, 0.25) is 0 Å². The number of hydrogen-bond donors (Lipinski definition) is 2. The number of amides is 2. The Balaban J connectivity index is 1.78. The van der Waals surface area contributed by atoms with Crippen molar-refractivity contribution in [1.29, 1.82) is 0 Å². The molecule has 0 aliphatic heterocycles. The van der Waals surface area contributed by atoms with E-state index in [9.17, 15) is 18.0 Å². The van der Waals surface area contributed by atoms with E-state index in [0.29, 0.717) is 34.0 Å². The van der Waals surface area contributed by atoms with Crippen LogP contribution in [-0.2, 0) is 10.0 Å². The van der Waals surface area contributed by atoms with Gasteiger partial charge in [0, 0.05) is 24.7 Å². The van der Waals surface area contributed by atoms with Crippen LogP contribution in [0.25, 0.3) is 0 Å². The maximum Gasteiger partial charge on any atom is 0.264 e. The van der Waals surface area contributed by atoms with Gasteiger partial charge in [0.15, 0.2) is 11.5 Å². The minimum atomic E-state index is -3.91. The van der Waals surface area contributed by atoms with Crippen LogP contribution < -0.4 is 24.4 Å². The van der Waals surface area contributed by atoms with Crippen molar-refractivity contribution >= 4 is 33.2 Å². The summed E-state index contributed by atoms with van der Waals surface area (Å²) in [5.74, 6) is 0.00356. The van der Waals surface area contributed by atoms with Gasteiger partial charge in [0.05, 0.1) is 36.1 Å². The lowest BCUT2D eigenvalue weighted by Gasteiger charge is -2.20. The number of carbonyl (C=O) groups excluding carboxylic acids is 2. The van der Waals surface area contributed by atoms with Crippen LogP contribution in [0.3, 0.4) is 0 Å². The first kappa shape index (κ1) is 27.5. The van der Waals surface area contributed by atoms with Gasteiger partial charge < -0.3 is 20.1 Å². The minimum Gasteiger partial charge on any atom is -0.493 e. The number of anilines is 2. The number of rotatable bonds is 10. The van der Waals surface area contributed by atoms with Crippen molar-refractivity contribution in [1.82, 2.24) is 5.32 Å². The highest BCUT2D eigenvalue weighted by molar-refractivity contribution is 7.92. The van der Waals surface area contributed by atoms with Crippen LogP contribution in [0.5, 0.6) is 11.5 Å². The average Bonchev–Trinajstić information content (AvgIpc) is 2.92.